The Morgan fingerprint density at radius 2 is 2.07 bits per heavy atom. The summed E-state index contributed by atoms with van der Waals surface area (Å²) in [7, 11) is 0. The van der Waals surface area contributed by atoms with E-state index in [2.05, 4.69) is 9.72 Å². The van der Waals surface area contributed by atoms with Crippen LogP contribution in [-0.4, -0.2) is 11.3 Å². The minimum absolute atomic E-state index is 0.302. The van der Waals surface area contributed by atoms with E-state index in [-0.39, 0.29) is 5.75 Å². The van der Waals surface area contributed by atoms with Crippen molar-refractivity contribution < 1.29 is 22.3 Å². The maximum absolute atomic E-state index is 11.9. The molecule has 2 aromatic rings. The van der Waals surface area contributed by atoms with E-state index in [0.717, 1.165) is 0 Å². The molecule has 0 N–H and O–H groups in total. The summed E-state index contributed by atoms with van der Waals surface area (Å²) in [6.45, 7) is 1.62. The zero-order valence-electron chi connectivity index (χ0n) is 7.63. The molecule has 0 saturated heterocycles. The van der Waals surface area contributed by atoms with E-state index in [9.17, 15) is 13.2 Å². The van der Waals surface area contributed by atoms with Gasteiger partial charge in [0.1, 0.15) is 11.3 Å². The smallest absolute Gasteiger partial charge is 0.441 e. The average Bonchev–Trinajstić information content (AvgIpc) is 2.40. The topological polar surface area (TPSA) is 35.3 Å². The highest BCUT2D eigenvalue weighted by atomic mass is 19.4. The lowest BCUT2D eigenvalue weighted by molar-refractivity contribution is -0.274. The monoisotopic (exact) mass is 217 g/mol. The van der Waals surface area contributed by atoms with Gasteiger partial charge in [-0.15, -0.1) is 13.2 Å². The largest absolute Gasteiger partial charge is 0.573 e. The van der Waals surface area contributed by atoms with Crippen molar-refractivity contribution >= 4 is 11.1 Å². The summed E-state index contributed by atoms with van der Waals surface area (Å²) in [6, 6.07) is 3.75. The number of alkyl halides is 3. The van der Waals surface area contributed by atoms with Crippen molar-refractivity contribution in [3.05, 3.63) is 24.1 Å². The number of hydrogen-bond donors (Lipinski definition) is 0. The van der Waals surface area contributed by atoms with Crippen molar-refractivity contribution in [2.75, 3.05) is 0 Å². The quantitative estimate of drug-likeness (QED) is 0.736. The molecule has 0 atom stereocenters. The van der Waals surface area contributed by atoms with Crippen LogP contribution in [0.4, 0.5) is 13.2 Å². The molecule has 0 unspecified atom stereocenters. The van der Waals surface area contributed by atoms with E-state index in [1.165, 1.54) is 18.2 Å². The van der Waals surface area contributed by atoms with Crippen molar-refractivity contribution in [1.82, 2.24) is 4.98 Å². The summed E-state index contributed by atoms with van der Waals surface area (Å²) in [5.41, 5.74) is 0.774. The summed E-state index contributed by atoms with van der Waals surface area (Å²) in [5.74, 6) is 0.0949. The molecule has 0 bridgehead atoms. The van der Waals surface area contributed by atoms with Gasteiger partial charge in [0.25, 0.3) is 0 Å². The van der Waals surface area contributed by atoms with Crippen molar-refractivity contribution in [3.63, 3.8) is 0 Å². The van der Waals surface area contributed by atoms with Gasteiger partial charge in [-0.1, -0.05) is 0 Å². The van der Waals surface area contributed by atoms with Crippen molar-refractivity contribution in [2.45, 2.75) is 13.3 Å². The number of halogens is 3. The second-order valence-electron chi connectivity index (χ2n) is 2.91. The van der Waals surface area contributed by atoms with Crippen LogP contribution >= 0.6 is 0 Å². The number of aromatic nitrogens is 1. The summed E-state index contributed by atoms with van der Waals surface area (Å²) < 4.78 is 44.5. The van der Waals surface area contributed by atoms with Gasteiger partial charge < -0.3 is 9.15 Å². The highest BCUT2D eigenvalue weighted by molar-refractivity contribution is 5.74. The van der Waals surface area contributed by atoms with Crippen molar-refractivity contribution in [2.24, 2.45) is 0 Å². The van der Waals surface area contributed by atoms with Gasteiger partial charge in [0.2, 0.25) is 0 Å². The lowest BCUT2D eigenvalue weighted by Crippen LogP contribution is -2.16. The first-order chi connectivity index (χ1) is 6.94. The van der Waals surface area contributed by atoms with Crippen LogP contribution in [0.15, 0.2) is 22.6 Å². The Bertz CT molecular complexity index is 490. The lowest BCUT2D eigenvalue weighted by atomic mass is 10.3. The van der Waals surface area contributed by atoms with Gasteiger partial charge in [-0.3, -0.25) is 0 Å². The minimum atomic E-state index is -4.69. The number of rotatable bonds is 1. The molecule has 2 rings (SSSR count). The molecule has 0 aliphatic rings. The fourth-order valence-corrected chi connectivity index (χ4v) is 1.22. The van der Waals surface area contributed by atoms with Gasteiger partial charge in [-0.2, -0.15) is 0 Å². The Labute approximate surface area is 82.5 Å². The Hall–Kier alpha value is -1.72. The van der Waals surface area contributed by atoms with Gasteiger partial charge in [-0.25, -0.2) is 4.98 Å². The van der Waals surface area contributed by atoms with Crippen LogP contribution < -0.4 is 4.74 Å². The molecule has 1 aromatic heterocycles. The van der Waals surface area contributed by atoms with Gasteiger partial charge in [0.15, 0.2) is 11.5 Å². The van der Waals surface area contributed by atoms with Crippen LogP contribution in [0.2, 0.25) is 0 Å². The molecule has 0 saturated carbocycles. The van der Waals surface area contributed by atoms with E-state index >= 15 is 0 Å². The highest BCUT2D eigenvalue weighted by Crippen LogP contribution is 2.26. The Balaban J connectivity index is 2.38. The normalized spacial score (nSPS) is 12.0. The van der Waals surface area contributed by atoms with Crippen LogP contribution in [0, 0.1) is 6.92 Å². The first-order valence-electron chi connectivity index (χ1n) is 4.07. The molecule has 1 aromatic carbocycles. The SMILES string of the molecule is Cc1nc2cc(OC(F)(F)F)ccc2o1. The molecule has 0 amide bonds. The minimum Gasteiger partial charge on any atom is -0.441 e. The molecular formula is C9H6F3NO2. The average molecular weight is 217 g/mol. The summed E-state index contributed by atoms with van der Waals surface area (Å²) in [5, 5.41) is 0. The molecule has 15 heavy (non-hydrogen) atoms. The molecule has 0 spiro atoms. The number of fused-ring (bicyclic) bond motifs is 1. The third kappa shape index (κ3) is 2.20. The van der Waals surface area contributed by atoms with Crippen LogP contribution in [-0.2, 0) is 0 Å². The third-order valence-electron chi connectivity index (χ3n) is 1.70. The van der Waals surface area contributed by atoms with Gasteiger partial charge in [0.05, 0.1) is 0 Å². The lowest BCUT2D eigenvalue weighted by Gasteiger charge is -2.07. The van der Waals surface area contributed by atoms with E-state index < -0.39 is 6.36 Å². The molecule has 0 fully saturated rings. The van der Waals surface area contributed by atoms with E-state index in [4.69, 9.17) is 4.42 Å². The van der Waals surface area contributed by atoms with E-state index in [1.54, 1.807) is 6.92 Å². The van der Waals surface area contributed by atoms with Gasteiger partial charge in [-0.05, 0) is 12.1 Å². The summed E-state index contributed by atoms with van der Waals surface area (Å²) in [4.78, 5) is 3.89. The maximum Gasteiger partial charge on any atom is 0.573 e. The first kappa shape index (κ1) is 9.82. The Kier molecular flexibility index (Phi) is 2.06. The fourth-order valence-electron chi connectivity index (χ4n) is 1.22. The molecule has 0 aliphatic carbocycles. The second kappa shape index (κ2) is 3.15. The van der Waals surface area contributed by atoms with E-state index in [0.29, 0.717) is 17.0 Å². The molecular weight excluding hydrogens is 211 g/mol. The summed E-state index contributed by atoms with van der Waals surface area (Å²) in [6.07, 6.45) is -4.69. The summed E-state index contributed by atoms with van der Waals surface area (Å²) >= 11 is 0. The second-order valence-corrected chi connectivity index (χ2v) is 2.91. The van der Waals surface area contributed by atoms with Gasteiger partial charge in [0, 0.05) is 13.0 Å². The number of hydrogen-bond acceptors (Lipinski definition) is 3. The maximum atomic E-state index is 11.9. The number of ether oxygens (including phenoxy) is 1. The number of nitrogens with zero attached hydrogens (tertiary/aromatic N) is 1. The molecule has 3 nitrogen and oxygen atoms in total. The van der Waals surface area contributed by atoms with E-state index in [1.807, 2.05) is 0 Å². The molecule has 6 heteroatoms. The molecule has 1 heterocycles. The molecule has 80 valence electrons. The first-order valence-corrected chi connectivity index (χ1v) is 4.07. The number of oxazole rings is 1. The fraction of sp³-hybridized carbons (Fsp3) is 0.222. The van der Waals surface area contributed by atoms with Crippen LogP contribution in [0.1, 0.15) is 5.89 Å². The van der Waals surface area contributed by atoms with Crippen LogP contribution in [0.25, 0.3) is 11.1 Å². The standard InChI is InChI=1S/C9H6F3NO2/c1-5-13-7-4-6(15-9(10,11)12)2-3-8(7)14-5/h2-4H,1H3. The zero-order valence-corrected chi connectivity index (χ0v) is 7.63. The molecule has 0 radical (unpaired) electrons. The van der Waals surface area contributed by atoms with Crippen molar-refractivity contribution in [3.8, 4) is 5.75 Å². The number of benzene rings is 1. The predicted octanol–water partition coefficient (Wildman–Crippen LogP) is 3.03. The number of aryl methyl sites for hydroxylation is 1. The predicted molar refractivity (Wildman–Crippen MR) is 45.4 cm³/mol. The zero-order chi connectivity index (χ0) is 11.1. The molecule has 0 aliphatic heterocycles. The third-order valence-corrected chi connectivity index (χ3v) is 1.70. The Morgan fingerprint density at radius 3 is 2.73 bits per heavy atom. The Morgan fingerprint density at radius 1 is 1.33 bits per heavy atom. The van der Waals surface area contributed by atoms with Crippen molar-refractivity contribution in [1.29, 1.82) is 0 Å². The highest BCUT2D eigenvalue weighted by Gasteiger charge is 2.31. The van der Waals surface area contributed by atoms with Crippen LogP contribution in [0.3, 0.4) is 0 Å². The van der Waals surface area contributed by atoms with Gasteiger partial charge >= 0.3 is 6.36 Å². The van der Waals surface area contributed by atoms with Crippen LogP contribution in [0.5, 0.6) is 5.75 Å².